The van der Waals surface area contributed by atoms with Gasteiger partial charge in [0, 0.05) is 19.1 Å². The van der Waals surface area contributed by atoms with Crippen LogP contribution in [-0.2, 0) is 19.6 Å². The van der Waals surface area contributed by atoms with E-state index in [4.69, 9.17) is 11.6 Å². The molecule has 1 aliphatic heterocycles. The van der Waals surface area contributed by atoms with Crippen molar-refractivity contribution in [3.8, 4) is 0 Å². The van der Waals surface area contributed by atoms with Gasteiger partial charge in [-0.25, -0.2) is 8.42 Å². The van der Waals surface area contributed by atoms with E-state index < -0.39 is 27.9 Å². The van der Waals surface area contributed by atoms with Gasteiger partial charge in [-0.05, 0) is 56.9 Å². The first-order valence-electron chi connectivity index (χ1n) is 10.0. The first-order valence-corrected chi connectivity index (χ1v) is 11.9. The molecule has 0 aromatic heterocycles. The number of nitrogens with zero attached hydrogens (tertiary/aromatic N) is 1. The Bertz CT molecular complexity index is 1090. The number of aryl methyl sites for hydroxylation is 3. The monoisotopic (exact) mass is 463 g/mol. The summed E-state index contributed by atoms with van der Waals surface area (Å²) in [5.74, 6) is -1.70. The van der Waals surface area contributed by atoms with Crippen molar-refractivity contribution in [1.82, 2.24) is 9.62 Å². The molecule has 0 spiro atoms. The number of amides is 2. The molecule has 0 radical (unpaired) electrons. The molecule has 0 bridgehead atoms. The first kappa shape index (κ1) is 23.2. The Morgan fingerprint density at radius 2 is 1.74 bits per heavy atom. The number of hydrogen-bond donors (Lipinski definition) is 2. The minimum absolute atomic E-state index is 0.0535. The highest BCUT2D eigenvalue weighted by molar-refractivity contribution is 7.89. The van der Waals surface area contributed by atoms with Crippen LogP contribution in [0.15, 0.2) is 41.3 Å². The van der Waals surface area contributed by atoms with E-state index in [1.165, 1.54) is 4.31 Å². The second-order valence-corrected chi connectivity index (χ2v) is 10.0. The molecule has 7 nitrogen and oxygen atoms in total. The Morgan fingerprint density at radius 1 is 1.10 bits per heavy atom. The van der Waals surface area contributed by atoms with Crippen LogP contribution in [0.2, 0.25) is 5.02 Å². The summed E-state index contributed by atoms with van der Waals surface area (Å²) in [7, 11) is -3.72. The van der Waals surface area contributed by atoms with E-state index in [1.54, 1.807) is 38.1 Å². The number of para-hydroxylation sites is 1. The van der Waals surface area contributed by atoms with E-state index in [1.807, 2.05) is 19.1 Å². The van der Waals surface area contributed by atoms with Crippen molar-refractivity contribution in [2.45, 2.75) is 44.6 Å². The van der Waals surface area contributed by atoms with E-state index in [9.17, 15) is 18.0 Å². The highest BCUT2D eigenvalue weighted by Gasteiger charge is 2.37. The molecule has 1 heterocycles. The fourth-order valence-electron chi connectivity index (χ4n) is 4.05. The summed E-state index contributed by atoms with van der Waals surface area (Å²) in [4.78, 5) is 24.7. The van der Waals surface area contributed by atoms with Gasteiger partial charge in [0.25, 0.3) is 0 Å². The topological polar surface area (TPSA) is 95.6 Å². The van der Waals surface area contributed by atoms with Crippen molar-refractivity contribution >= 4 is 39.1 Å². The zero-order chi connectivity index (χ0) is 22.8. The van der Waals surface area contributed by atoms with Crippen LogP contribution in [0.3, 0.4) is 0 Å². The van der Waals surface area contributed by atoms with Crippen LogP contribution in [-0.4, -0.2) is 43.7 Å². The zero-order valence-electron chi connectivity index (χ0n) is 17.7. The van der Waals surface area contributed by atoms with Gasteiger partial charge in [0.1, 0.15) is 0 Å². The molecule has 1 aliphatic rings. The molecule has 1 saturated heterocycles. The Balaban J connectivity index is 1.69. The van der Waals surface area contributed by atoms with Crippen LogP contribution in [0.5, 0.6) is 0 Å². The van der Waals surface area contributed by atoms with Crippen molar-refractivity contribution in [2.24, 2.45) is 0 Å². The largest absolute Gasteiger partial charge is 0.346 e. The molecule has 1 fully saturated rings. The fourth-order valence-corrected chi connectivity index (χ4v) is 6.34. The summed E-state index contributed by atoms with van der Waals surface area (Å²) < 4.78 is 28.2. The Morgan fingerprint density at radius 3 is 2.39 bits per heavy atom. The van der Waals surface area contributed by atoms with E-state index in [0.29, 0.717) is 46.1 Å². The minimum Gasteiger partial charge on any atom is -0.346 e. The first-order chi connectivity index (χ1) is 14.6. The van der Waals surface area contributed by atoms with Crippen molar-refractivity contribution < 1.29 is 18.0 Å². The molecule has 2 N–H and O–H groups in total. The molecule has 9 heteroatoms. The lowest BCUT2D eigenvalue weighted by Gasteiger charge is -2.26. The predicted molar refractivity (Wildman–Crippen MR) is 121 cm³/mol. The lowest BCUT2D eigenvalue weighted by molar-refractivity contribution is -0.136. The van der Waals surface area contributed by atoms with Crippen LogP contribution >= 0.6 is 11.6 Å². The van der Waals surface area contributed by atoms with Crippen LogP contribution < -0.4 is 10.6 Å². The molecule has 2 aromatic rings. The third-order valence-corrected chi connectivity index (χ3v) is 7.91. The second kappa shape index (κ2) is 9.38. The summed E-state index contributed by atoms with van der Waals surface area (Å²) in [6, 6.07) is 9.89. The molecule has 2 amide bonds. The van der Waals surface area contributed by atoms with Crippen LogP contribution in [0.4, 0.5) is 5.69 Å². The predicted octanol–water partition coefficient (Wildman–Crippen LogP) is 3.17. The van der Waals surface area contributed by atoms with Crippen molar-refractivity contribution in [2.75, 3.05) is 18.4 Å². The van der Waals surface area contributed by atoms with Gasteiger partial charge in [0.05, 0.1) is 15.6 Å². The molecule has 0 saturated carbocycles. The maximum Gasteiger partial charge on any atom is 0.313 e. The fraction of sp³-hybridized carbons (Fsp3) is 0.364. The number of carbonyl (C=O) groups is 2. The van der Waals surface area contributed by atoms with Crippen molar-refractivity contribution in [3.63, 3.8) is 0 Å². The quantitative estimate of drug-likeness (QED) is 0.666. The van der Waals surface area contributed by atoms with Gasteiger partial charge in [-0.15, -0.1) is 0 Å². The van der Waals surface area contributed by atoms with E-state index >= 15 is 0 Å². The molecule has 1 unspecified atom stereocenters. The lowest BCUT2D eigenvalue weighted by Crippen LogP contribution is -2.45. The summed E-state index contributed by atoms with van der Waals surface area (Å²) >= 11 is 6.00. The standard InChI is InChI=1S/C22H26ClN3O4S/c1-14-11-15(2)20(16(3)12-14)31(29,30)26-10-6-7-17(26)13-24-21(27)22(28)25-19-9-5-4-8-18(19)23/h4-5,8-9,11-12,17H,6-7,10,13H2,1-3H3,(H,24,27)(H,25,28). The summed E-state index contributed by atoms with van der Waals surface area (Å²) in [6.45, 7) is 5.94. The molecule has 166 valence electrons. The van der Waals surface area contributed by atoms with Gasteiger partial charge in [0.2, 0.25) is 10.0 Å². The number of rotatable bonds is 5. The Kier molecular flexibility index (Phi) is 7.03. The smallest absolute Gasteiger partial charge is 0.313 e. The van der Waals surface area contributed by atoms with Gasteiger partial charge in [-0.1, -0.05) is 41.4 Å². The van der Waals surface area contributed by atoms with Gasteiger partial charge >= 0.3 is 11.8 Å². The highest BCUT2D eigenvalue weighted by Crippen LogP contribution is 2.30. The molecule has 2 aromatic carbocycles. The van der Waals surface area contributed by atoms with E-state index in [-0.39, 0.29) is 6.54 Å². The summed E-state index contributed by atoms with van der Waals surface area (Å²) in [6.07, 6.45) is 1.30. The Labute approximate surface area is 187 Å². The average Bonchev–Trinajstić information content (AvgIpc) is 3.16. The third-order valence-electron chi connectivity index (χ3n) is 5.32. The number of carbonyl (C=O) groups excluding carboxylic acids is 2. The number of sulfonamides is 1. The van der Waals surface area contributed by atoms with E-state index in [2.05, 4.69) is 10.6 Å². The van der Waals surface area contributed by atoms with Crippen molar-refractivity contribution in [3.05, 3.63) is 58.1 Å². The number of hydrogen-bond acceptors (Lipinski definition) is 4. The molecular weight excluding hydrogens is 438 g/mol. The van der Waals surface area contributed by atoms with E-state index in [0.717, 1.165) is 5.56 Å². The maximum absolute atomic E-state index is 13.4. The number of nitrogens with one attached hydrogen (secondary N) is 2. The number of benzene rings is 2. The lowest BCUT2D eigenvalue weighted by atomic mass is 10.1. The van der Waals surface area contributed by atoms with Crippen molar-refractivity contribution in [1.29, 1.82) is 0 Å². The van der Waals surface area contributed by atoms with Crippen LogP contribution in [0.25, 0.3) is 0 Å². The number of halogens is 1. The van der Waals surface area contributed by atoms with Gasteiger partial charge in [0.15, 0.2) is 0 Å². The van der Waals surface area contributed by atoms with Gasteiger partial charge < -0.3 is 10.6 Å². The van der Waals surface area contributed by atoms with Gasteiger partial charge in [-0.3, -0.25) is 9.59 Å². The SMILES string of the molecule is Cc1cc(C)c(S(=O)(=O)N2CCCC2CNC(=O)C(=O)Nc2ccccc2Cl)c(C)c1. The molecule has 0 aliphatic carbocycles. The number of anilines is 1. The van der Waals surface area contributed by atoms with Gasteiger partial charge in [-0.2, -0.15) is 4.31 Å². The van der Waals surface area contributed by atoms with Crippen LogP contribution in [0.1, 0.15) is 29.5 Å². The highest BCUT2D eigenvalue weighted by atomic mass is 35.5. The maximum atomic E-state index is 13.4. The normalized spacial score (nSPS) is 16.8. The second-order valence-electron chi connectivity index (χ2n) is 7.78. The zero-order valence-corrected chi connectivity index (χ0v) is 19.3. The molecular formula is C22H26ClN3O4S. The average molecular weight is 464 g/mol. The molecule has 1 atom stereocenters. The summed E-state index contributed by atoms with van der Waals surface area (Å²) in [5.41, 5.74) is 2.74. The van der Waals surface area contributed by atoms with Crippen LogP contribution in [0, 0.1) is 20.8 Å². The summed E-state index contributed by atoms with van der Waals surface area (Å²) in [5, 5.41) is 5.33. The Hall–Kier alpha value is -2.42. The minimum atomic E-state index is -3.72. The molecule has 3 rings (SSSR count). The third kappa shape index (κ3) is 5.08. The molecule has 31 heavy (non-hydrogen) atoms.